The van der Waals surface area contributed by atoms with E-state index in [1.165, 1.54) is 56.7 Å². The highest BCUT2D eigenvalue weighted by Crippen LogP contribution is 2.35. The molecule has 0 fully saturated rings. The van der Waals surface area contributed by atoms with Gasteiger partial charge in [-0.25, -0.2) is 17.2 Å². The highest BCUT2D eigenvalue weighted by molar-refractivity contribution is 7.92. The fourth-order valence-electron chi connectivity index (χ4n) is 3.30. The van der Waals surface area contributed by atoms with Gasteiger partial charge in [0, 0.05) is 23.1 Å². The number of halogens is 3. The Morgan fingerprint density at radius 3 is 2.27 bits per heavy atom. The van der Waals surface area contributed by atoms with Crippen molar-refractivity contribution in [3.8, 4) is 17.6 Å². The third kappa shape index (κ3) is 5.02. The van der Waals surface area contributed by atoms with Gasteiger partial charge in [-0.1, -0.05) is 17.7 Å². The molecule has 0 N–H and O–H groups in total. The van der Waals surface area contributed by atoms with Crippen molar-refractivity contribution in [2.45, 2.75) is 11.3 Å². The first-order valence-electron chi connectivity index (χ1n) is 9.56. The number of sulfonamides is 1. The molecule has 0 aromatic heterocycles. The normalized spacial score (nSPS) is 11.0. The molecule has 172 valence electrons. The second-order valence-electron chi connectivity index (χ2n) is 6.84. The first-order chi connectivity index (χ1) is 15.7. The van der Waals surface area contributed by atoms with E-state index in [2.05, 4.69) is 0 Å². The molecule has 10 heteroatoms. The van der Waals surface area contributed by atoms with Crippen molar-refractivity contribution in [2.24, 2.45) is 0 Å². The Kier molecular flexibility index (Phi) is 7.41. The zero-order chi connectivity index (χ0) is 24.2. The van der Waals surface area contributed by atoms with Crippen LogP contribution in [0.3, 0.4) is 0 Å². The second kappa shape index (κ2) is 10.1. The molecule has 3 aromatic rings. The highest BCUT2D eigenvalue weighted by atomic mass is 35.5. The van der Waals surface area contributed by atoms with Crippen LogP contribution in [-0.2, 0) is 16.4 Å². The maximum absolute atomic E-state index is 14.3. The van der Waals surface area contributed by atoms with E-state index in [9.17, 15) is 22.5 Å². The van der Waals surface area contributed by atoms with Gasteiger partial charge in [0.05, 0.1) is 30.9 Å². The quantitative estimate of drug-likeness (QED) is 0.416. The van der Waals surface area contributed by atoms with Gasteiger partial charge in [0.25, 0.3) is 10.0 Å². The topological polar surface area (TPSA) is 79.6 Å². The number of nitrogens with zero attached hydrogens (tertiary/aromatic N) is 2. The smallest absolute Gasteiger partial charge is 0.265 e. The average molecular weight is 493 g/mol. The summed E-state index contributed by atoms with van der Waals surface area (Å²) >= 11 is 6.10. The zero-order valence-electron chi connectivity index (χ0n) is 17.7. The van der Waals surface area contributed by atoms with Crippen molar-refractivity contribution in [1.82, 2.24) is 0 Å². The second-order valence-corrected chi connectivity index (χ2v) is 9.14. The monoisotopic (exact) mass is 492 g/mol. The summed E-state index contributed by atoms with van der Waals surface area (Å²) in [7, 11) is -1.50. The van der Waals surface area contributed by atoms with Crippen molar-refractivity contribution in [1.29, 1.82) is 5.26 Å². The highest BCUT2D eigenvalue weighted by Gasteiger charge is 2.28. The molecule has 0 aliphatic rings. The lowest BCUT2D eigenvalue weighted by Crippen LogP contribution is -2.32. The van der Waals surface area contributed by atoms with E-state index in [0.717, 1.165) is 16.4 Å². The molecule has 0 heterocycles. The molecule has 6 nitrogen and oxygen atoms in total. The van der Waals surface area contributed by atoms with Gasteiger partial charge < -0.3 is 9.47 Å². The molecule has 0 saturated heterocycles. The minimum atomic E-state index is -4.28. The van der Waals surface area contributed by atoms with Gasteiger partial charge in [0.2, 0.25) is 0 Å². The van der Waals surface area contributed by atoms with Crippen molar-refractivity contribution in [3.05, 3.63) is 82.4 Å². The van der Waals surface area contributed by atoms with Crippen molar-refractivity contribution < 1.29 is 26.7 Å². The van der Waals surface area contributed by atoms with Crippen LogP contribution in [0.5, 0.6) is 11.5 Å². The van der Waals surface area contributed by atoms with E-state index < -0.39 is 28.2 Å². The number of benzene rings is 3. The summed E-state index contributed by atoms with van der Waals surface area (Å²) < 4.78 is 66.8. The summed E-state index contributed by atoms with van der Waals surface area (Å²) in [6, 6.07) is 13.5. The van der Waals surface area contributed by atoms with Gasteiger partial charge in [0.15, 0.2) is 11.5 Å². The van der Waals surface area contributed by atoms with Crippen LogP contribution in [0.4, 0.5) is 14.5 Å². The minimum Gasteiger partial charge on any atom is -0.493 e. The zero-order valence-corrected chi connectivity index (χ0v) is 19.3. The number of rotatable bonds is 8. The lowest BCUT2D eigenvalue weighted by Gasteiger charge is -2.25. The predicted molar refractivity (Wildman–Crippen MR) is 120 cm³/mol. The summed E-state index contributed by atoms with van der Waals surface area (Å²) in [6.07, 6.45) is -0.280. The predicted octanol–water partition coefficient (Wildman–Crippen LogP) is 4.95. The molecular weight excluding hydrogens is 474 g/mol. The Morgan fingerprint density at radius 2 is 1.67 bits per heavy atom. The van der Waals surface area contributed by atoms with Gasteiger partial charge in [0.1, 0.15) is 18.2 Å². The van der Waals surface area contributed by atoms with Crippen molar-refractivity contribution >= 4 is 27.3 Å². The molecule has 33 heavy (non-hydrogen) atoms. The number of methoxy groups -OCH3 is 2. The van der Waals surface area contributed by atoms with Crippen LogP contribution in [-0.4, -0.2) is 29.2 Å². The van der Waals surface area contributed by atoms with Gasteiger partial charge in [-0.3, -0.25) is 4.31 Å². The van der Waals surface area contributed by atoms with Crippen LogP contribution < -0.4 is 13.8 Å². The molecule has 3 aromatic carbocycles. The number of anilines is 1. The SMILES string of the molecule is COc1ccc(S(=O)(=O)N(CC#N)c2ccc(Cl)cc2Cc2c(F)cccc2F)cc1OC. The maximum atomic E-state index is 14.3. The van der Waals surface area contributed by atoms with Gasteiger partial charge >= 0.3 is 0 Å². The van der Waals surface area contributed by atoms with Crippen LogP contribution in [0.15, 0.2) is 59.5 Å². The van der Waals surface area contributed by atoms with E-state index in [0.29, 0.717) is 5.75 Å². The molecule has 0 atom stereocenters. The molecule has 0 radical (unpaired) electrons. The van der Waals surface area contributed by atoms with Crippen LogP contribution in [0.1, 0.15) is 11.1 Å². The number of hydrogen-bond acceptors (Lipinski definition) is 5. The van der Waals surface area contributed by atoms with Crippen LogP contribution in [0, 0.1) is 23.0 Å². The molecule has 0 unspecified atom stereocenters. The Morgan fingerprint density at radius 1 is 1.00 bits per heavy atom. The molecular formula is C23H19ClF2N2O4S. The van der Waals surface area contributed by atoms with E-state index in [1.807, 2.05) is 6.07 Å². The Balaban J connectivity index is 2.15. The average Bonchev–Trinajstić information content (AvgIpc) is 2.79. The largest absolute Gasteiger partial charge is 0.493 e. The molecule has 0 amide bonds. The molecule has 0 spiro atoms. The molecule has 0 saturated carbocycles. The van der Waals surface area contributed by atoms with Gasteiger partial charge in [-0.15, -0.1) is 0 Å². The number of ether oxygens (including phenoxy) is 2. The summed E-state index contributed by atoms with van der Waals surface area (Å²) in [6.45, 7) is -0.551. The summed E-state index contributed by atoms with van der Waals surface area (Å²) in [5.74, 6) is -1.06. The van der Waals surface area contributed by atoms with Crippen molar-refractivity contribution in [2.75, 3.05) is 25.1 Å². The van der Waals surface area contributed by atoms with E-state index in [1.54, 1.807) is 0 Å². The molecule has 0 aliphatic carbocycles. The van der Waals surface area contributed by atoms with E-state index >= 15 is 0 Å². The lowest BCUT2D eigenvalue weighted by atomic mass is 10.0. The summed E-state index contributed by atoms with van der Waals surface area (Å²) in [5, 5.41) is 9.61. The first kappa shape index (κ1) is 24.3. The van der Waals surface area contributed by atoms with E-state index in [-0.39, 0.29) is 38.9 Å². The molecule has 3 rings (SSSR count). The van der Waals surface area contributed by atoms with E-state index in [4.69, 9.17) is 21.1 Å². The lowest BCUT2D eigenvalue weighted by molar-refractivity contribution is 0.354. The summed E-state index contributed by atoms with van der Waals surface area (Å²) in [4.78, 5) is -0.159. The summed E-state index contributed by atoms with van der Waals surface area (Å²) in [5.41, 5.74) is 0.0469. The Labute approximate surface area is 195 Å². The molecule has 0 bridgehead atoms. The Bertz CT molecular complexity index is 1310. The van der Waals surface area contributed by atoms with Gasteiger partial charge in [-0.2, -0.15) is 5.26 Å². The van der Waals surface area contributed by atoms with Gasteiger partial charge in [-0.05, 0) is 48.0 Å². The van der Waals surface area contributed by atoms with Crippen LogP contribution in [0.25, 0.3) is 0 Å². The third-order valence-electron chi connectivity index (χ3n) is 4.90. The minimum absolute atomic E-state index is 0.0680. The maximum Gasteiger partial charge on any atom is 0.265 e. The standard InChI is InChI=1S/C23H19ClF2N2O4S/c1-31-22-9-7-17(14-23(22)32-2)33(29,30)28(11-10-27)21-8-6-16(24)12-15(21)13-18-19(25)4-3-5-20(18)26/h3-9,12,14H,11,13H2,1-2H3. The first-order valence-corrected chi connectivity index (χ1v) is 11.4. The number of nitriles is 1. The number of hydrogen-bond donors (Lipinski definition) is 0. The molecule has 0 aliphatic heterocycles. The van der Waals surface area contributed by atoms with Crippen molar-refractivity contribution in [3.63, 3.8) is 0 Å². The Hall–Kier alpha value is -3.35. The fraction of sp³-hybridized carbons (Fsp3) is 0.174. The van der Waals surface area contributed by atoms with Crippen LogP contribution >= 0.6 is 11.6 Å². The fourth-order valence-corrected chi connectivity index (χ4v) is 4.91. The van der Waals surface area contributed by atoms with Crippen LogP contribution in [0.2, 0.25) is 5.02 Å². The third-order valence-corrected chi connectivity index (χ3v) is 6.89.